The third kappa shape index (κ3) is 3.39. The number of anilines is 1. The lowest BCUT2D eigenvalue weighted by atomic mass is 9.66. The quantitative estimate of drug-likeness (QED) is 0.495. The summed E-state index contributed by atoms with van der Waals surface area (Å²) in [6.07, 6.45) is -1.34. The van der Waals surface area contributed by atoms with E-state index in [0.29, 0.717) is 16.1 Å². The lowest BCUT2D eigenvalue weighted by Crippen LogP contribution is -2.75. The molecule has 6 rings (SSSR count). The van der Waals surface area contributed by atoms with Gasteiger partial charge in [0.15, 0.2) is 17.0 Å². The van der Waals surface area contributed by atoms with E-state index < -0.39 is 47.0 Å². The fourth-order valence-corrected chi connectivity index (χ4v) is 6.55. The first kappa shape index (κ1) is 23.6. The highest BCUT2D eigenvalue weighted by molar-refractivity contribution is 7.09. The van der Waals surface area contributed by atoms with E-state index in [1.54, 1.807) is 38.1 Å². The molecule has 3 aliphatic rings. The van der Waals surface area contributed by atoms with Gasteiger partial charge in [0, 0.05) is 24.1 Å². The predicted octanol–water partition coefficient (Wildman–Crippen LogP) is 3.04. The summed E-state index contributed by atoms with van der Waals surface area (Å²) in [4.78, 5) is 40.4. The molecular formula is C25H21F2N5O4S. The van der Waals surface area contributed by atoms with E-state index in [1.807, 2.05) is 6.07 Å². The van der Waals surface area contributed by atoms with Crippen LogP contribution in [0.4, 0.5) is 19.3 Å². The van der Waals surface area contributed by atoms with Crippen LogP contribution in [0.5, 0.6) is 0 Å². The molecule has 4 heterocycles. The SMILES string of the molecule is C[C@H]1CN2c3c(cc(-c4snnc4-c4ccccc4)c(F)c3F)CC3(C(=O)NC(=O)NC3=O)C2[C@@H](C)O1. The van der Waals surface area contributed by atoms with E-state index in [2.05, 4.69) is 20.2 Å². The van der Waals surface area contributed by atoms with E-state index in [4.69, 9.17) is 4.74 Å². The Kier molecular flexibility index (Phi) is 5.35. The molecule has 0 radical (unpaired) electrons. The standard InChI is InChI=1S/C25H21F2N5O4S/c1-11-10-32-19-14(9-25(21(32)12(2)36-11)22(33)28-24(35)29-23(25)34)8-15(16(26)17(19)27)20-18(30-31-37-20)13-6-4-3-5-7-13/h3-8,11-12,21H,9-10H2,1-2H3,(H2,28,29,33,34,35)/t11-,12+,21?/m0/s1. The van der Waals surface area contributed by atoms with Crippen LogP contribution in [0.3, 0.4) is 0 Å². The van der Waals surface area contributed by atoms with Crippen LogP contribution in [-0.2, 0) is 20.7 Å². The van der Waals surface area contributed by atoms with Crippen LogP contribution in [0.1, 0.15) is 19.4 Å². The van der Waals surface area contributed by atoms with Crippen LogP contribution in [0.15, 0.2) is 36.4 Å². The number of nitrogens with one attached hydrogen (secondary N) is 2. The Morgan fingerprint density at radius 2 is 1.78 bits per heavy atom. The first-order chi connectivity index (χ1) is 17.7. The Balaban J connectivity index is 1.57. The van der Waals surface area contributed by atoms with Crippen LogP contribution in [0.25, 0.3) is 21.7 Å². The number of nitrogens with zero attached hydrogens (tertiary/aromatic N) is 3. The van der Waals surface area contributed by atoms with E-state index in [9.17, 15) is 14.4 Å². The molecule has 190 valence electrons. The highest BCUT2D eigenvalue weighted by atomic mass is 32.1. The average molecular weight is 526 g/mol. The van der Waals surface area contributed by atoms with E-state index in [-0.39, 0.29) is 35.9 Å². The number of aromatic nitrogens is 2. The lowest BCUT2D eigenvalue weighted by molar-refractivity contribution is -0.153. The first-order valence-electron chi connectivity index (χ1n) is 11.7. The summed E-state index contributed by atoms with van der Waals surface area (Å²) in [5.74, 6) is -3.77. The van der Waals surface area contributed by atoms with E-state index in [1.165, 1.54) is 11.0 Å². The highest BCUT2D eigenvalue weighted by Crippen LogP contribution is 2.50. The summed E-state index contributed by atoms with van der Waals surface area (Å²) in [5, 5.41) is 8.51. The minimum Gasteiger partial charge on any atom is -0.372 e. The van der Waals surface area contributed by atoms with Crippen molar-refractivity contribution in [3.63, 3.8) is 0 Å². The van der Waals surface area contributed by atoms with Gasteiger partial charge >= 0.3 is 6.03 Å². The Bertz CT molecular complexity index is 1440. The number of amides is 4. The molecule has 1 spiro atoms. The van der Waals surface area contributed by atoms with Crippen molar-refractivity contribution in [3.8, 4) is 21.7 Å². The van der Waals surface area contributed by atoms with Crippen LogP contribution in [-0.4, -0.2) is 52.2 Å². The largest absolute Gasteiger partial charge is 0.372 e. The van der Waals surface area contributed by atoms with Crippen molar-refractivity contribution in [1.82, 2.24) is 20.2 Å². The molecule has 3 aromatic rings. The third-order valence-corrected chi connectivity index (χ3v) is 8.01. The number of carbonyl (C=O) groups excluding carboxylic acids is 3. The number of benzene rings is 2. The minimum atomic E-state index is -1.80. The van der Waals surface area contributed by atoms with Crippen molar-refractivity contribution in [2.75, 3.05) is 11.4 Å². The normalized spacial score (nSPS) is 24.4. The molecule has 0 aliphatic carbocycles. The molecule has 2 N–H and O–H groups in total. The van der Waals surface area contributed by atoms with Crippen molar-refractivity contribution in [2.45, 2.75) is 38.5 Å². The van der Waals surface area contributed by atoms with Crippen LogP contribution < -0.4 is 15.5 Å². The number of hydrogen-bond acceptors (Lipinski definition) is 8. The summed E-state index contributed by atoms with van der Waals surface area (Å²) in [6, 6.07) is 8.57. The smallest absolute Gasteiger partial charge is 0.328 e. The maximum atomic E-state index is 16.0. The number of morpholine rings is 1. The van der Waals surface area contributed by atoms with Gasteiger partial charge in [-0.15, -0.1) is 5.10 Å². The van der Waals surface area contributed by atoms with Gasteiger partial charge in [0.2, 0.25) is 11.8 Å². The van der Waals surface area contributed by atoms with Gasteiger partial charge in [0.1, 0.15) is 5.69 Å². The molecule has 2 saturated heterocycles. The first-order valence-corrected chi connectivity index (χ1v) is 12.5. The van der Waals surface area contributed by atoms with Crippen molar-refractivity contribution in [3.05, 3.63) is 53.6 Å². The molecular weight excluding hydrogens is 504 g/mol. The Hall–Kier alpha value is -3.77. The topological polar surface area (TPSA) is 114 Å². The number of urea groups is 1. The summed E-state index contributed by atoms with van der Waals surface area (Å²) < 4.78 is 41.6. The highest BCUT2D eigenvalue weighted by Gasteiger charge is 2.63. The van der Waals surface area contributed by atoms with Gasteiger partial charge in [-0.1, -0.05) is 34.8 Å². The number of fused-ring (bicyclic) bond motifs is 4. The zero-order chi connectivity index (χ0) is 26.1. The summed E-state index contributed by atoms with van der Waals surface area (Å²) in [7, 11) is 0. The van der Waals surface area contributed by atoms with Gasteiger partial charge in [0.05, 0.1) is 28.8 Å². The summed E-state index contributed by atoms with van der Waals surface area (Å²) >= 11 is 0.918. The molecule has 1 unspecified atom stereocenters. The van der Waals surface area contributed by atoms with Gasteiger partial charge in [-0.3, -0.25) is 20.2 Å². The molecule has 1 aromatic heterocycles. The van der Waals surface area contributed by atoms with Crippen LogP contribution in [0, 0.1) is 17.0 Å². The molecule has 4 amide bonds. The van der Waals surface area contributed by atoms with Gasteiger partial charge in [-0.2, -0.15) is 0 Å². The number of imide groups is 2. The second-order valence-electron chi connectivity index (χ2n) is 9.51. The molecule has 2 aromatic carbocycles. The predicted molar refractivity (Wildman–Crippen MR) is 130 cm³/mol. The average Bonchev–Trinajstić information content (AvgIpc) is 3.34. The maximum absolute atomic E-state index is 16.0. The van der Waals surface area contributed by atoms with E-state index >= 15 is 8.78 Å². The van der Waals surface area contributed by atoms with Crippen LogP contribution in [0.2, 0.25) is 0 Å². The lowest BCUT2D eigenvalue weighted by Gasteiger charge is -2.55. The molecule has 2 fully saturated rings. The Labute approximate surface area is 214 Å². The molecule has 12 heteroatoms. The van der Waals surface area contributed by atoms with Gasteiger partial charge in [-0.25, -0.2) is 13.6 Å². The van der Waals surface area contributed by atoms with Crippen LogP contribution >= 0.6 is 11.5 Å². The zero-order valence-electron chi connectivity index (χ0n) is 19.7. The Morgan fingerprint density at radius 1 is 1.08 bits per heavy atom. The van der Waals surface area contributed by atoms with Crippen molar-refractivity contribution >= 4 is 35.1 Å². The van der Waals surface area contributed by atoms with Crippen molar-refractivity contribution in [2.24, 2.45) is 5.41 Å². The third-order valence-electron chi connectivity index (χ3n) is 7.25. The van der Waals surface area contributed by atoms with Gasteiger partial charge in [-0.05, 0) is 37.0 Å². The molecule has 0 bridgehead atoms. The summed E-state index contributed by atoms with van der Waals surface area (Å²) in [5.41, 5.74) is -0.550. The number of hydrogen-bond donors (Lipinski definition) is 2. The number of barbiturate groups is 1. The second kappa shape index (κ2) is 8.38. The van der Waals surface area contributed by atoms with Gasteiger partial charge in [0.25, 0.3) is 0 Å². The number of ether oxygens (including phenoxy) is 1. The Morgan fingerprint density at radius 3 is 2.49 bits per heavy atom. The minimum absolute atomic E-state index is 0.0184. The number of rotatable bonds is 2. The molecule has 3 aliphatic heterocycles. The maximum Gasteiger partial charge on any atom is 0.328 e. The summed E-state index contributed by atoms with van der Waals surface area (Å²) in [6.45, 7) is 3.57. The molecule has 3 atom stereocenters. The number of carbonyl (C=O) groups is 3. The number of halogens is 2. The fourth-order valence-electron chi connectivity index (χ4n) is 5.85. The zero-order valence-corrected chi connectivity index (χ0v) is 20.6. The molecule has 9 nitrogen and oxygen atoms in total. The van der Waals surface area contributed by atoms with Gasteiger partial charge < -0.3 is 9.64 Å². The molecule has 37 heavy (non-hydrogen) atoms. The fraction of sp³-hybridized carbons (Fsp3) is 0.320. The monoisotopic (exact) mass is 525 g/mol. The van der Waals surface area contributed by atoms with Crippen molar-refractivity contribution < 1.29 is 27.9 Å². The molecule has 0 saturated carbocycles. The van der Waals surface area contributed by atoms with E-state index in [0.717, 1.165) is 11.5 Å². The second-order valence-corrected chi connectivity index (χ2v) is 10.3. The van der Waals surface area contributed by atoms with Crippen molar-refractivity contribution in [1.29, 1.82) is 0 Å².